The molecule has 2 amide bonds. The zero-order valence-electron chi connectivity index (χ0n) is 21.7. The number of carbonyl (C=O) groups excluding carboxylic acids is 2. The molecule has 0 spiro atoms. The van der Waals surface area contributed by atoms with Gasteiger partial charge in [-0.05, 0) is 42.0 Å². The smallest absolute Gasteiger partial charge is 0.261 e. The normalized spacial score (nSPS) is 14.3. The molecule has 0 radical (unpaired) electrons. The van der Waals surface area contributed by atoms with E-state index >= 15 is 0 Å². The van der Waals surface area contributed by atoms with Crippen molar-refractivity contribution < 1.29 is 31.2 Å². The molecule has 0 N–H and O–H groups in total. The van der Waals surface area contributed by atoms with E-state index in [0.29, 0.717) is 3.71 Å². The molecule has 5 rings (SSSR count). The van der Waals surface area contributed by atoms with Crippen LogP contribution in [0.25, 0.3) is 0 Å². The van der Waals surface area contributed by atoms with Crippen molar-refractivity contribution in [2.24, 2.45) is 0 Å². The van der Waals surface area contributed by atoms with Crippen LogP contribution in [0.5, 0.6) is 0 Å². The summed E-state index contributed by atoms with van der Waals surface area (Å²) in [7, 11) is -9.34. The minimum atomic E-state index is -4.67. The van der Waals surface area contributed by atoms with Crippen LogP contribution in [0.2, 0.25) is 0 Å². The van der Waals surface area contributed by atoms with E-state index in [0.717, 1.165) is 10.5 Å². The molecule has 1 heterocycles. The van der Waals surface area contributed by atoms with Gasteiger partial charge in [-0.2, -0.15) is 0 Å². The van der Waals surface area contributed by atoms with Gasteiger partial charge in [-0.15, -0.1) is 0 Å². The van der Waals surface area contributed by atoms with Crippen LogP contribution in [0.1, 0.15) is 26.3 Å². The van der Waals surface area contributed by atoms with E-state index in [1.807, 2.05) is 30.3 Å². The average Bonchev–Trinajstić information content (AvgIpc) is 3.25. The first-order chi connectivity index (χ1) is 19.7. The summed E-state index contributed by atoms with van der Waals surface area (Å²) in [5.74, 6) is -1.32. The molecule has 9 nitrogen and oxygen atoms in total. The van der Waals surface area contributed by atoms with Gasteiger partial charge in [0.25, 0.3) is 31.9 Å². The maximum Gasteiger partial charge on any atom is 0.261 e. The van der Waals surface area contributed by atoms with Gasteiger partial charge in [-0.1, -0.05) is 82.6 Å². The predicted octanol–water partition coefficient (Wildman–Crippen LogP) is 3.95. The monoisotopic (exact) mass is 590 g/mol. The van der Waals surface area contributed by atoms with Crippen LogP contribution in [-0.4, -0.2) is 56.5 Å². The first-order valence-corrected chi connectivity index (χ1v) is 15.6. The van der Waals surface area contributed by atoms with Crippen LogP contribution < -0.4 is 0 Å². The standard InChI is InChI=1S/C30H26N2O7S2/c33-29-27-18-10-11-19-28(27)30(34)32(29)24(22-39-21-23-12-4-1-5-13-23)20-31(40(35,36)25-14-6-2-7-15-25)41(37,38)26-16-8-3-9-17-26/h1-19,24H,20-22H2. The second-order valence-corrected chi connectivity index (χ2v) is 13.2. The number of amides is 2. The number of fused-ring (bicyclic) bond motifs is 1. The Morgan fingerprint density at radius 3 is 1.49 bits per heavy atom. The lowest BCUT2D eigenvalue weighted by Crippen LogP contribution is -2.52. The number of sulfonamides is 2. The number of benzene rings is 4. The fourth-order valence-electron chi connectivity index (χ4n) is 4.55. The lowest BCUT2D eigenvalue weighted by Gasteiger charge is -2.31. The average molecular weight is 591 g/mol. The molecule has 0 saturated carbocycles. The lowest BCUT2D eigenvalue weighted by atomic mass is 10.1. The van der Waals surface area contributed by atoms with Gasteiger partial charge in [0.1, 0.15) is 0 Å². The van der Waals surface area contributed by atoms with Gasteiger partial charge in [-0.3, -0.25) is 14.5 Å². The van der Waals surface area contributed by atoms with E-state index in [9.17, 15) is 26.4 Å². The predicted molar refractivity (Wildman–Crippen MR) is 151 cm³/mol. The third-order valence-corrected chi connectivity index (χ3v) is 10.9. The van der Waals surface area contributed by atoms with Gasteiger partial charge in [0.15, 0.2) is 0 Å². The third kappa shape index (κ3) is 5.70. The van der Waals surface area contributed by atoms with Gasteiger partial charge in [0.2, 0.25) is 0 Å². The van der Waals surface area contributed by atoms with Crippen LogP contribution in [0, 0.1) is 0 Å². The summed E-state index contributed by atoms with van der Waals surface area (Å²) in [5.41, 5.74) is 1.10. The Balaban J connectivity index is 1.57. The second-order valence-electron chi connectivity index (χ2n) is 9.27. The zero-order chi connectivity index (χ0) is 29.0. The molecule has 0 saturated heterocycles. The Hall–Kier alpha value is -4.16. The summed E-state index contributed by atoms with van der Waals surface area (Å²) in [6, 6.07) is 28.3. The number of ether oxygens (including phenoxy) is 1. The summed E-state index contributed by atoms with van der Waals surface area (Å²) >= 11 is 0. The van der Waals surface area contributed by atoms with Gasteiger partial charge >= 0.3 is 0 Å². The van der Waals surface area contributed by atoms with Gasteiger partial charge in [0, 0.05) is 0 Å². The van der Waals surface area contributed by atoms with E-state index in [1.54, 1.807) is 24.3 Å². The van der Waals surface area contributed by atoms with Gasteiger partial charge < -0.3 is 4.74 Å². The lowest BCUT2D eigenvalue weighted by molar-refractivity contribution is 0.0350. The molecular weight excluding hydrogens is 564 g/mol. The Morgan fingerprint density at radius 1 is 0.610 bits per heavy atom. The minimum Gasteiger partial charge on any atom is -0.375 e. The Bertz CT molecular complexity index is 1660. The first-order valence-electron chi connectivity index (χ1n) is 12.7. The summed E-state index contributed by atoms with van der Waals surface area (Å²) in [5, 5.41) is 0. The van der Waals surface area contributed by atoms with Crippen molar-refractivity contribution in [3.63, 3.8) is 0 Å². The van der Waals surface area contributed by atoms with Gasteiger partial charge in [0.05, 0.1) is 46.7 Å². The molecular formula is C30H26N2O7S2. The van der Waals surface area contributed by atoms with E-state index < -0.39 is 44.4 Å². The fraction of sp³-hybridized carbons (Fsp3) is 0.133. The molecule has 0 aromatic heterocycles. The van der Waals surface area contributed by atoms with Crippen molar-refractivity contribution in [3.8, 4) is 0 Å². The topological polar surface area (TPSA) is 118 Å². The molecule has 1 aliphatic rings. The largest absolute Gasteiger partial charge is 0.375 e. The van der Waals surface area contributed by atoms with Crippen LogP contribution in [-0.2, 0) is 31.4 Å². The molecule has 1 aliphatic heterocycles. The van der Waals surface area contributed by atoms with Crippen molar-refractivity contribution in [1.29, 1.82) is 0 Å². The molecule has 4 aromatic carbocycles. The maximum atomic E-state index is 13.9. The number of hydrogen-bond donors (Lipinski definition) is 0. The molecule has 0 aliphatic carbocycles. The van der Waals surface area contributed by atoms with E-state index in [-0.39, 0.29) is 34.1 Å². The quantitative estimate of drug-likeness (QED) is 0.243. The number of hydrogen-bond acceptors (Lipinski definition) is 7. The van der Waals surface area contributed by atoms with Crippen molar-refractivity contribution in [1.82, 2.24) is 8.61 Å². The first kappa shape index (κ1) is 28.4. The zero-order valence-corrected chi connectivity index (χ0v) is 23.4. The third-order valence-electron chi connectivity index (χ3n) is 6.59. The van der Waals surface area contributed by atoms with Crippen LogP contribution in [0.4, 0.5) is 0 Å². The van der Waals surface area contributed by atoms with E-state index in [1.165, 1.54) is 60.7 Å². The Morgan fingerprint density at radius 2 is 1.02 bits per heavy atom. The SMILES string of the molecule is O=C1c2ccccc2C(=O)N1C(COCc1ccccc1)CN(S(=O)(=O)c1ccccc1)S(=O)(=O)c1ccccc1. The van der Waals surface area contributed by atoms with Crippen LogP contribution in [0.3, 0.4) is 0 Å². The minimum absolute atomic E-state index is 0.0946. The highest BCUT2D eigenvalue weighted by Crippen LogP contribution is 2.29. The molecule has 0 fully saturated rings. The Kier molecular flexibility index (Phi) is 8.13. The van der Waals surface area contributed by atoms with Gasteiger partial charge in [-0.25, -0.2) is 16.8 Å². The summed E-state index contributed by atoms with van der Waals surface area (Å²) in [6.45, 7) is -0.975. The molecule has 210 valence electrons. The number of imide groups is 1. The highest BCUT2D eigenvalue weighted by Gasteiger charge is 2.45. The van der Waals surface area contributed by atoms with E-state index in [4.69, 9.17) is 4.74 Å². The number of carbonyl (C=O) groups is 2. The highest BCUT2D eigenvalue weighted by atomic mass is 32.3. The summed E-state index contributed by atoms with van der Waals surface area (Å²) in [4.78, 5) is 27.2. The van der Waals surface area contributed by atoms with E-state index in [2.05, 4.69) is 0 Å². The molecule has 1 unspecified atom stereocenters. The molecule has 1 atom stereocenters. The molecule has 11 heteroatoms. The highest BCUT2D eigenvalue weighted by molar-refractivity contribution is 8.04. The van der Waals surface area contributed by atoms with Crippen molar-refractivity contribution in [3.05, 3.63) is 132 Å². The Labute approximate surface area is 238 Å². The number of rotatable bonds is 11. The second kappa shape index (κ2) is 11.8. The molecule has 0 bridgehead atoms. The van der Waals surface area contributed by atoms with Crippen LogP contribution >= 0.6 is 0 Å². The summed E-state index contributed by atoms with van der Waals surface area (Å²) < 4.78 is 61.8. The summed E-state index contributed by atoms with van der Waals surface area (Å²) in [6.07, 6.45) is 0. The fourth-order valence-corrected chi connectivity index (χ4v) is 8.31. The van der Waals surface area contributed by atoms with Crippen molar-refractivity contribution in [2.75, 3.05) is 13.2 Å². The molecule has 41 heavy (non-hydrogen) atoms. The van der Waals surface area contributed by atoms with Crippen LogP contribution in [0.15, 0.2) is 125 Å². The molecule has 4 aromatic rings. The van der Waals surface area contributed by atoms with Crippen molar-refractivity contribution >= 4 is 31.9 Å². The van der Waals surface area contributed by atoms with Crippen molar-refractivity contribution in [2.45, 2.75) is 22.4 Å². The maximum absolute atomic E-state index is 13.9. The number of nitrogens with zero attached hydrogens (tertiary/aromatic N) is 2.